The van der Waals surface area contributed by atoms with Crippen molar-refractivity contribution in [3.8, 4) is 0 Å². The zero-order valence-electron chi connectivity index (χ0n) is 11.2. The number of hydrogen-bond acceptors (Lipinski definition) is 2. The van der Waals surface area contributed by atoms with E-state index in [1.54, 1.807) is 0 Å². The van der Waals surface area contributed by atoms with Crippen LogP contribution < -0.4 is 5.32 Å². The van der Waals surface area contributed by atoms with Gasteiger partial charge in [0.1, 0.15) is 0 Å². The molecule has 0 fully saturated rings. The fourth-order valence-corrected chi connectivity index (χ4v) is 2.42. The smallest absolute Gasteiger partial charge is 0.0626 e. The summed E-state index contributed by atoms with van der Waals surface area (Å²) in [5, 5.41) is 14.1. The minimum atomic E-state index is -0.0319. The monoisotopic (exact) mass is 266 g/mol. The van der Waals surface area contributed by atoms with Gasteiger partial charge in [-0.3, -0.25) is 0 Å². The number of benzene rings is 2. The van der Waals surface area contributed by atoms with Crippen LogP contribution >= 0.6 is 0 Å². The number of aromatic nitrogens is 1. The van der Waals surface area contributed by atoms with E-state index in [-0.39, 0.29) is 12.6 Å². The molecule has 3 heteroatoms. The minimum absolute atomic E-state index is 0.0319. The number of aliphatic hydroxyl groups excluding tert-OH is 1. The van der Waals surface area contributed by atoms with Crippen LogP contribution in [0.4, 0.5) is 0 Å². The molecule has 0 saturated carbocycles. The Hall–Kier alpha value is -2.10. The topological polar surface area (TPSA) is 48.0 Å². The summed E-state index contributed by atoms with van der Waals surface area (Å²) < 4.78 is 0. The summed E-state index contributed by atoms with van der Waals surface area (Å²) in [4.78, 5) is 3.22. The minimum Gasteiger partial charge on any atom is -0.394 e. The first kappa shape index (κ1) is 12.9. The fourth-order valence-electron chi connectivity index (χ4n) is 2.42. The van der Waals surface area contributed by atoms with Gasteiger partial charge in [0.15, 0.2) is 0 Å². The van der Waals surface area contributed by atoms with Gasteiger partial charge in [-0.25, -0.2) is 0 Å². The van der Waals surface area contributed by atoms with Crippen molar-refractivity contribution in [1.29, 1.82) is 0 Å². The molecule has 0 radical (unpaired) electrons. The predicted molar refractivity (Wildman–Crippen MR) is 81.4 cm³/mol. The second-order valence-electron chi connectivity index (χ2n) is 4.93. The van der Waals surface area contributed by atoms with Crippen molar-refractivity contribution < 1.29 is 5.11 Å². The van der Waals surface area contributed by atoms with E-state index < -0.39 is 0 Å². The average molecular weight is 266 g/mol. The van der Waals surface area contributed by atoms with Gasteiger partial charge in [0.25, 0.3) is 0 Å². The molecule has 20 heavy (non-hydrogen) atoms. The highest BCUT2D eigenvalue weighted by Gasteiger charge is 2.09. The van der Waals surface area contributed by atoms with Gasteiger partial charge in [-0.15, -0.1) is 0 Å². The highest BCUT2D eigenvalue weighted by Crippen LogP contribution is 2.16. The van der Waals surface area contributed by atoms with Gasteiger partial charge in [0.05, 0.1) is 12.6 Å². The Bertz CT molecular complexity index is 676. The fraction of sp³-hybridized carbons (Fsp3) is 0.176. The number of rotatable bonds is 5. The Kier molecular flexibility index (Phi) is 3.81. The normalized spacial score (nSPS) is 12.7. The molecule has 102 valence electrons. The number of fused-ring (bicyclic) bond motifs is 1. The summed E-state index contributed by atoms with van der Waals surface area (Å²) in [5.74, 6) is 0. The lowest BCUT2D eigenvalue weighted by atomic mass is 10.1. The van der Waals surface area contributed by atoms with E-state index in [2.05, 4.69) is 34.6 Å². The van der Waals surface area contributed by atoms with Crippen molar-refractivity contribution in [3.63, 3.8) is 0 Å². The highest BCUT2D eigenvalue weighted by atomic mass is 16.3. The standard InChI is InChI=1S/C17H18N2O/c20-12-17(14-4-2-1-3-5-14)19-11-13-6-7-15-8-9-18-16(15)10-13/h1-10,17-20H,11-12H2. The number of hydrogen-bond donors (Lipinski definition) is 3. The van der Waals surface area contributed by atoms with E-state index in [1.165, 1.54) is 10.9 Å². The number of aromatic amines is 1. The summed E-state index contributed by atoms with van der Waals surface area (Å²) in [7, 11) is 0. The SMILES string of the molecule is OCC(NCc1ccc2cc[nH]c2c1)c1ccccc1. The molecule has 1 heterocycles. The molecule has 0 saturated heterocycles. The van der Waals surface area contributed by atoms with Gasteiger partial charge >= 0.3 is 0 Å². The van der Waals surface area contributed by atoms with Gasteiger partial charge in [-0.2, -0.15) is 0 Å². The first-order valence-corrected chi connectivity index (χ1v) is 6.82. The van der Waals surface area contributed by atoms with Gasteiger partial charge in [-0.05, 0) is 28.6 Å². The van der Waals surface area contributed by atoms with Crippen molar-refractivity contribution in [2.75, 3.05) is 6.61 Å². The molecule has 3 rings (SSSR count). The molecule has 0 aliphatic heterocycles. The van der Waals surface area contributed by atoms with Gasteiger partial charge in [0, 0.05) is 18.3 Å². The maximum Gasteiger partial charge on any atom is 0.0626 e. The lowest BCUT2D eigenvalue weighted by Gasteiger charge is -2.16. The molecular weight excluding hydrogens is 248 g/mol. The summed E-state index contributed by atoms with van der Waals surface area (Å²) >= 11 is 0. The summed E-state index contributed by atoms with van der Waals surface area (Å²) in [6.45, 7) is 0.823. The Morgan fingerprint density at radius 3 is 2.70 bits per heavy atom. The highest BCUT2D eigenvalue weighted by molar-refractivity contribution is 5.79. The number of aliphatic hydroxyl groups is 1. The van der Waals surface area contributed by atoms with Crippen molar-refractivity contribution in [3.05, 3.63) is 71.9 Å². The van der Waals surface area contributed by atoms with Crippen LogP contribution in [-0.4, -0.2) is 16.7 Å². The third kappa shape index (κ3) is 2.74. The van der Waals surface area contributed by atoms with E-state index in [1.807, 2.05) is 36.5 Å². The molecule has 0 spiro atoms. The van der Waals surface area contributed by atoms with Crippen LogP contribution in [0.3, 0.4) is 0 Å². The van der Waals surface area contributed by atoms with E-state index in [9.17, 15) is 5.11 Å². The van der Waals surface area contributed by atoms with E-state index in [0.717, 1.165) is 17.6 Å². The lowest BCUT2D eigenvalue weighted by Crippen LogP contribution is -2.23. The second-order valence-corrected chi connectivity index (χ2v) is 4.93. The lowest BCUT2D eigenvalue weighted by molar-refractivity contribution is 0.243. The quantitative estimate of drug-likeness (QED) is 0.665. The molecule has 3 nitrogen and oxygen atoms in total. The van der Waals surface area contributed by atoms with Crippen molar-refractivity contribution in [1.82, 2.24) is 10.3 Å². The Morgan fingerprint density at radius 2 is 1.90 bits per heavy atom. The van der Waals surface area contributed by atoms with Gasteiger partial charge in [-0.1, -0.05) is 42.5 Å². The Balaban J connectivity index is 1.71. The molecule has 3 aromatic rings. The number of nitrogens with one attached hydrogen (secondary N) is 2. The maximum absolute atomic E-state index is 9.53. The van der Waals surface area contributed by atoms with E-state index in [0.29, 0.717) is 0 Å². The summed E-state index contributed by atoms with van der Waals surface area (Å²) in [6, 6.07) is 18.4. The largest absolute Gasteiger partial charge is 0.394 e. The van der Waals surface area contributed by atoms with Crippen molar-refractivity contribution in [2.24, 2.45) is 0 Å². The molecule has 1 atom stereocenters. The van der Waals surface area contributed by atoms with Crippen LogP contribution in [0.5, 0.6) is 0 Å². The molecule has 0 aliphatic carbocycles. The molecule has 0 aliphatic rings. The first-order chi connectivity index (χ1) is 9.86. The Labute approximate surface area is 118 Å². The van der Waals surface area contributed by atoms with Crippen LogP contribution in [0.1, 0.15) is 17.2 Å². The summed E-state index contributed by atoms with van der Waals surface area (Å²) in [5.41, 5.74) is 3.45. The van der Waals surface area contributed by atoms with Crippen LogP contribution in [0, 0.1) is 0 Å². The van der Waals surface area contributed by atoms with Crippen molar-refractivity contribution in [2.45, 2.75) is 12.6 Å². The zero-order valence-corrected chi connectivity index (χ0v) is 11.2. The van der Waals surface area contributed by atoms with E-state index in [4.69, 9.17) is 0 Å². The zero-order chi connectivity index (χ0) is 13.8. The van der Waals surface area contributed by atoms with E-state index >= 15 is 0 Å². The van der Waals surface area contributed by atoms with Gasteiger partial charge < -0.3 is 15.4 Å². The van der Waals surface area contributed by atoms with Crippen molar-refractivity contribution >= 4 is 10.9 Å². The molecule has 1 unspecified atom stereocenters. The second kappa shape index (κ2) is 5.90. The first-order valence-electron chi connectivity index (χ1n) is 6.82. The maximum atomic E-state index is 9.53. The molecule has 3 N–H and O–H groups in total. The third-order valence-electron chi connectivity index (χ3n) is 3.56. The van der Waals surface area contributed by atoms with Crippen LogP contribution in [0.25, 0.3) is 10.9 Å². The molecular formula is C17H18N2O. The third-order valence-corrected chi connectivity index (χ3v) is 3.56. The molecule has 0 amide bonds. The molecule has 2 aromatic carbocycles. The van der Waals surface area contributed by atoms with Crippen LogP contribution in [0.15, 0.2) is 60.8 Å². The van der Waals surface area contributed by atoms with Crippen LogP contribution in [-0.2, 0) is 6.54 Å². The molecule has 0 bridgehead atoms. The number of H-pyrrole nitrogens is 1. The summed E-state index contributed by atoms with van der Waals surface area (Å²) in [6.07, 6.45) is 1.95. The van der Waals surface area contributed by atoms with Crippen LogP contribution in [0.2, 0.25) is 0 Å². The molecule has 1 aromatic heterocycles. The average Bonchev–Trinajstić information content (AvgIpc) is 2.96. The predicted octanol–water partition coefficient (Wildman–Crippen LogP) is 2.99. The Morgan fingerprint density at radius 1 is 1.05 bits per heavy atom. The van der Waals surface area contributed by atoms with Gasteiger partial charge in [0.2, 0.25) is 0 Å².